The highest BCUT2D eigenvalue weighted by molar-refractivity contribution is 5.90. The van der Waals surface area contributed by atoms with Gasteiger partial charge >= 0.3 is 0 Å². The van der Waals surface area contributed by atoms with Crippen LogP contribution < -0.4 is 15.5 Å². The van der Waals surface area contributed by atoms with Gasteiger partial charge in [-0.25, -0.2) is 4.98 Å². The Morgan fingerprint density at radius 1 is 1.08 bits per heavy atom. The van der Waals surface area contributed by atoms with E-state index in [9.17, 15) is 0 Å². The number of fused-ring (bicyclic) bond motifs is 1. The van der Waals surface area contributed by atoms with Gasteiger partial charge in [0.1, 0.15) is 5.82 Å². The fourth-order valence-electron chi connectivity index (χ4n) is 3.51. The quantitative estimate of drug-likeness (QED) is 0.853. The molecule has 5 heteroatoms. The fraction of sp³-hybridized carbons (Fsp3) is 0.579. The summed E-state index contributed by atoms with van der Waals surface area (Å²) in [7, 11) is 4.06. The summed E-state index contributed by atoms with van der Waals surface area (Å²) >= 11 is 0. The van der Waals surface area contributed by atoms with Gasteiger partial charge in [-0.15, -0.1) is 0 Å². The van der Waals surface area contributed by atoms with Crippen molar-refractivity contribution in [3.8, 4) is 0 Å². The third-order valence-electron chi connectivity index (χ3n) is 4.87. The van der Waals surface area contributed by atoms with E-state index in [1.807, 2.05) is 26.2 Å². The van der Waals surface area contributed by atoms with Crippen molar-refractivity contribution in [3.05, 3.63) is 24.3 Å². The summed E-state index contributed by atoms with van der Waals surface area (Å²) in [5.74, 6) is 2.55. The van der Waals surface area contributed by atoms with Crippen molar-refractivity contribution in [2.24, 2.45) is 5.92 Å². The first-order valence-corrected chi connectivity index (χ1v) is 9.08. The third-order valence-corrected chi connectivity index (χ3v) is 4.87. The molecule has 1 fully saturated rings. The van der Waals surface area contributed by atoms with Crippen LogP contribution in [0.2, 0.25) is 0 Å². The molecule has 1 aliphatic carbocycles. The standard InChI is InChI=1S/C19H29N5/c1-4-20-13-14-9-11-15(12-10-14)21-19-22-17-8-6-5-7-16(17)18(23-19)24(2)3/h5-8,14-15,20H,4,9-13H2,1-3H3,(H,21,22,23). The monoisotopic (exact) mass is 327 g/mol. The number of nitrogens with one attached hydrogen (secondary N) is 2. The van der Waals surface area contributed by atoms with Gasteiger partial charge < -0.3 is 15.5 Å². The minimum atomic E-state index is 0.485. The molecule has 0 amide bonds. The second-order valence-corrected chi connectivity index (χ2v) is 6.95. The van der Waals surface area contributed by atoms with Crippen LogP contribution in [-0.2, 0) is 0 Å². The van der Waals surface area contributed by atoms with E-state index in [1.54, 1.807) is 0 Å². The van der Waals surface area contributed by atoms with Crippen molar-refractivity contribution in [1.82, 2.24) is 15.3 Å². The molecule has 1 saturated carbocycles. The van der Waals surface area contributed by atoms with Gasteiger partial charge in [0.05, 0.1) is 5.52 Å². The molecule has 0 bridgehead atoms. The Bertz CT molecular complexity index is 662. The van der Waals surface area contributed by atoms with E-state index in [0.29, 0.717) is 6.04 Å². The average molecular weight is 327 g/mol. The van der Waals surface area contributed by atoms with E-state index in [2.05, 4.69) is 34.6 Å². The molecule has 1 aromatic carbocycles. The summed E-state index contributed by atoms with van der Waals surface area (Å²) < 4.78 is 0. The van der Waals surface area contributed by atoms with Crippen molar-refractivity contribution in [3.63, 3.8) is 0 Å². The molecule has 3 rings (SSSR count). The van der Waals surface area contributed by atoms with Crippen LogP contribution in [0.4, 0.5) is 11.8 Å². The lowest BCUT2D eigenvalue weighted by Crippen LogP contribution is -2.31. The molecule has 1 heterocycles. The summed E-state index contributed by atoms with van der Waals surface area (Å²) in [6, 6.07) is 8.70. The molecule has 0 spiro atoms. The molecule has 0 unspecified atom stereocenters. The fourth-order valence-corrected chi connectivity index (χ4v) is 3.51. The number of nitrogens with zero attached hydrogens (tertiary/aromatic N) is 3. The molecular weight excluding hydrogens is 298 g/mol. The smallest absolute Gasteiger partial charge is 0.225 e. The summed E-state index contributed by atoms with van der Waals surface area (Å²) in [6.45, 7) is 4.39. The van der Waals surface area contributed by atoms with Crippen molar-refractivity contribution >= 4 is 22.7 Å². The molecule has 0 radical (unpaired) electrons. The summed E-state index contributed by atoms with van der Waals surface area (Å²) in [6.07, 6.45) is 4.95. The topological polar surface area (TPSA) is 53.1 Å². The molecule has 2 aromatic rings. The molecule has 1 aromatic heterocycles. The second kappa shape index (κ2) is 7.79. The molecule has 1 aliphatic rings. The molecular formula is C19H29N5. The van der Waals surface area contributed by atoms with Gasteiger partial charge in [0.2, 0.25) is 5.95 Å². The van der Waals surface area contributed by atoms with Crippen molar-refractivity contribution in [2.75, 3.05) is 37.4 Å². The number of hydrogen-bond donors (Lipinski definition) is 2. The molecule has 130 valence electrons. The Hall–Kier alpha value is -1.88. The first kappa shape index (κ1) is 17.0. The number of benzene rings is 1. The number of hydrogen-bond acceptors (Lipinski definition) is 5. The second-order valence-electron chi connectivity index (χ2n) is 6.95. The highest BCUT2D eigenvalue weighted by Crippen LogP contribution is 2.28. The predicted molar refractivity (Wildman–Crippen MR) is 102 cm³/mol. The van der Waals surface area contributed by atoms with Gasteiger partial charge in [-0.2, -0.15) is 4.98 Å². The van der Waals surface area contributed by atoms with Crippen LogP contribution in [0.25, 0.3) is 10.9 Å². The van der Waals surface area contributed by atoms with Crippen molar-refractivity contribution in [2.45, 2.75) is 38.6 Å². The lowest BCUT2D eigenvalue weighted by atomic mass is 9.86. The van der Waals surface area contributed by atoms with Gasteiger partial charge in [0.25, 0.3) is 0 Å². The highest BCUT2D eigenvalue weighted by atomic mass is 15.2. The first-order valence-electron chi connectivity index (χ1n) is 9.08. The van der Waals surface area contributed by atoms with Gasteiger partial charge in [0.15, 0.2) is 0 Å². The molecule has 0 saturated heterocycles. The average Bonchev–Trinajstić information content (AvgIpc) is 2.60. The summed E-state index contributed by atoms with van der Waals surface area (Å²) in [5.41, 5.74) is 1.000. The van der Waals surface area contributed by atoms with Crippen LogP contribution in [0.5, 0.6) is 0 Å². The van der Waals surface area contributed by atoms with Crippen LogP contribution in [0, 0.1) is 5.92 Å². The predicted octanol–water partition coefficient (Wildman–Crippen LogP) is 3.28. The Kier molecular flexibility index (Phi) is 5.51. The summed E-state index contributed by atoms with van der Waals surface area (Å²) in [4.78, 5) is 11.5. The minimum absolute atomic E-state index is 0.485. The third kappa shape index (κ3) is 3.96. The van der Waals surface area contributed by atoms with Crippen LogP contribution in [-0.4, -0.2) is 43.2 Å². The van der Waals surface area contributed by atoms with Crippen molar-refractivity contribution in [1.29, 1.82) is 0 Å². The Labute approximate surface area is 144 Å². The lowest BCUT2D eigenvalue weighted by Gasteiger charge is -2.29. The largest absolute Gasteiger partial charge is 0.362 e. The minimum Gasteiger partial charge on any atom is -0.362 e. The number of para-hydroxylation sites is 1. The molecule has 0 atom stereocenters. The normalized spacial score (nSPS) is 21.0. The van der Waals surface area contributed by atoms with E-state index in [0.717, 1.165) is 41.7 Å². The van der Waals surface area contributed by atoms with Gasteiger partial charge in [0, 0.05) is 25.5 Å². The maximum absolute atomic E-state index is 4.75. The van der Waals surface area contributed by atoms with Gasteiger partial charge in [-0.1, -0.05) is 19.1 Å². The first-order chi connectivity index (χ1) is 11.7. The van der Waals surface area contributed by atoms with E-state index in [-0.39, 0.29) is 0 Å². The molecule has 0 aliphatic heterocycles. The van der Waals surface area contributed by atoms with Gasteiger partial charge in [-0.05, 0) is 56.8 Å². The van der Waals surface area contributed by atoms with E-state index in [4.69, 9.17) is 9.97 Å². The van der Waals surface area contributed by atoms with Crippen molar-refractivity contribution < 1.29 is 0 Å². The number of rotatable bonds is 6. The SMILES string of the molecule is CCNCC1CCC(Nc2nc(N(C)C)c3ccccc3n2)CC1. The van der Waals surface area contributed by atoms with Crippen LogP contribution in [0.1, 0.15) is 32.6 Å². The summed E-state index contributed by atoms with van der Waals surface area (Å²) in [5, 5.41) is 8.15. The number of aromatic nitrogens is 2. The number of anilines is 2. The maximum atomic E-state index is 4.75. The maximum Gasteiger partial charge on any atom is 0.225 e. The zero-order chi connectivity index (χ0) is 16.9. The van der Waals surface area contributed by atoms with Gasteiger partial charge in [-0.3, -0.25) is 0 Å². The molecule has 2 N–H and O–H groups in total. The highest BCUT2D eigenvalue weighted by Gasteiger charge is 2.21. The van der Waals surface area contributed by atoms with Crippen LogP contribution in [0.15, 0.2) is 24.3 Å². The Balaban J connectivity index is 1.70. The Morgan fingerprint density at radius 2 is 1.83 bits per heavy atom. The van der Waals surface area contributed by atoms with E-state index >= 15 is 0 Å². The van der Waals surface area contributed by atoms with E-state index in [1.165, 1.54) is 25.7 Å². The van der Waals surface area contributed by atoms with Crippen LogP contribution >= 0.6 is 0 Å². The Morgan fingerprint density at radius 3 is 2.54 bits per heavy atom. The van der Waals surface area contributed by atoms with Crippen LogP contribution in [0.3, 0.4) is 0 Å². The van der Waals surface area contributed by atoms with E-state index < -0.39 is 0 Å². The lowest BCUT2D eigenvalue weighted by molar-refractivity contribution is 0.326. The zero-order valence-corrected chi connectivity index (χ0v) is 15.0. The molecule has 5 nitrogen and oxygen atoms in total. The molecule has 24 heavy (non-hydrogen) atoms. The zero-order valence-electron chi connectivity index (χ0n) is 15.0.